The number of carbonyl (C=O) groups is 1. The van der Waals surface area contributed by atoms with E-state index in [4.69, 9.17) is 4.42 Å². The van der Waals surface area contributed by atoms with Crippen molar-refractivity contribution in [2.45, 2.75) is 25.9 Å². The lowest BCUT2D eigenvalue weighted by Gasteiger charge is -2.12. The number of H-pyrrole nitrogens is 1. The molecule has 1 unspecified atom stereocenters. The zero-order valence-corrected chi connectivity index (χ0v) is 19.0. The third-order valence-corrected chi connectivity index (χ3v) is 6.04. The number of hydrogen-bond acceptors (Lipinski definition) is 7. The summed E-state index contributed by atoms with van der Waals surface area (Å²) in [6, 6.07) is 11.8. The minimum absolute atomic E-state index is 0.0127. The van der Waals surface area contributed by atoms with Crippen LogP contribution in [0.4, 0.5) is 17.1 Å². The number of aromatic amines is 1. The fourth-order valence-corrected chi connectivity index (χ4v) is 4.37. The minimum atomic E-state index is -0.210. The monoisotopic (exact) mass is 465 g/mol. The van der Waals surface area contributed by atoms with Crippen molar-refractivity contribution < 1.29 is 9.21 Å². The summed E-state index contributed by atoms with van der Waals surface area (Å²) in [6.45, 7) is 1.98. The van der Waals surface area contributed by atoms with E-state index in [1.165, 1.54) is 0 Å². The number of furan rings is 1. The zero-order chi connectivity index (χ0) is 23.8. The molecule has 9 nitrogen and oxygen atoms in total. The molecule has 0 aliphatic carbocycles. The lowest BCUT2D eigenvalue weighted by atomic mass is 10.0. The molecule has 1 aliphatic rings. The van der Waals surface area contributed by atoms with E-state index in [9.17, 15) is 4.79 Å². The van der Waals surface area contributed by atoms with Crippen LogP contribution >= 0.6 is 0 Å². The first-order valence-electron chi connectivity index (χ1n) is 11.5. The van der Waals surface area contributed by atoms with Gasteiger partial charge in [0.15, 0.2) is 0 Å². The maximum atomic E-state index is 12.0. The molecular formula is C26H23N7O2. The fraction of sp³-hybridized carbons (Fsp3) is 0.154. The molecule has 4 aromatic heterocycles. The Bertz CT molecular complexity index is 1520. The van der Waals surface area contributed by atoms with Gasteiger partial charge in [-0.15, -0.1) is 0 Å². The number of nitrogens with zero attached hydrogens (tertiary/aromatic N) is 3. The number of aromatic nitrogens is 4. The number of hydrogen-bond donors (Lipinski definition) is 4. The van der Waals surface area contributed by atoms with E-state index in [0.717, 1.165) is 56.8 Å². The Morgan fingerprint density at radius 2 is 2.03 bits per heavy atom. The van der Waals surface area contributed by atoms with E-state index < -0.39 is 0 Å². The first-order chi connectivity index (χ1) is 17.2. The SMILES string of the molecule is CCCC(=O)Nc1cncc(-c2ccc3n[nH]c(C4Nc5ccnc(-c6ccoc6)c5N4)c3c2)c1. The molecule has 174 valence electrons. The average Bonchev–Trinajstić information content (AvgIpc) is 3.63. The molecule has 0 bridgehead atoms. The van der Waals surface area contributed by atoms with Crippen LogP contribution in [0.5, 0.6) is 0 Å². The van der Waals surface area contributed by atoms with Crippen LogP contribution in [0.2, 0.25) is 0 Å². The van der Waals surface area contributed by atoms with Gasteiger partial charge >= 0.3 is 0 Å². The van der Waals surface area contributed by atoms with Gasteiger partial charge < -0.3 is 20.4 Å². The van der Waals surface area contributed by atoms with Crippen molar-refractivity contribution in [1.82, 2.24) is 20.2 Å². The Morgan fingerprint density at radius 1 is 1.09 bits per heavy atom. The number of benzene rings is 1. The molecule has 0 radical (unpaired) electrons. The second-order valence-corrected chi connectivity index (χ2v) is 8.45. The van der Waals surface area contributed by atoms with Crippen LogP contribution < -0.4 is 16.0 Å². The van der Waals surface area contributed by atoms with Crippen molar-refractivity contribution in [1.29, 1.82) is 0 Å². The second-order valence-electron chi connectivity index (χ2n) is 8.45. The van der Waals surface area contributed by atoms with Crippen molar-refractivity contribution in [2.75, 3.05) is 16.0 Å². The number of fused-ring (bicyclic) bond motifs is 2. The lowest BCUT2D eigenvalue weighted by Crippen LogP contribution is -2.13. The quantitative estimate of drug-likeness (QED) is 0.259. The molecule has 6 rings (SSSR count). The Hall–Kier alpha value is -4.66. The summed E-state index contributed by atoms with van der Waals surface area (Å²) >= 11 is 0. The van der Waals surface area contributed by atoms with Gasteiger partial charge in [0.2, 0.25) is 5.91 Å². The number of anilines is 3. The van der Waals surface area contributed by atoms with Gasteiger partial charge in [0.25, 0.3) is 0 Å². The maximum Gasteiger partial charge on any atom is 0.224 e. The van der Waals surface area contributed by atoms with E-state index in [0.29, 0.717) is 12.1 Å². The molecule has 4 N–H and O–H groups in total. The molecule has 0 saturated heterocycles. The first kappa shape index (κ1) is 20.9. The molecular weight excluding hydrogens is 442 g/mol. The number of rotatable bonds is 6. The number of nitrogens with one attached hydrogen (secondary N) is 4. The molecule has 5 heterocycles. The minimum Gasteiger partial charge on any atom is -0.472 e. The van der Waals surface area contributed by atoms with Gasteiger partial charge in [-0.05, 0) is 42.3 Å². The largest absolute Gasteiger partial charge is 0.472 e. The third kappa shape index (κ3) is 3.86. The highest BCUT2D eigenvalue weighted by molar-refractivity contribution is 5.93. The van der Waals surface area contributed by atoms with Gasteiger partial charge in [-0.2, -0.15) is 5.10 Å². The third-order valence-electron chi connectivity index (χ3n) is 6.04. The Morgan fingerprint density at radius 3 is 2.89 bits per heavy atom. The van der Waals surface area contributed by atoms with E-state index in [2.05, 4.69) is 42.2 Å². The molecule has 9 heteroatoms. The molecule has 0 saturated carbocycles. The molecule has 1 aromatic carbocycles. The van der Waals surface area contributed by atoms with Crippen LogP contribution in [0.25, 0.3) is 33.3 Å². The van der Waals surface area contributed by atoms with Crippen LogP contribution in [0.15, 0.2) is 71.9 Å². The molecule has 1 amide bonds. The Balaban J connectivity index is 1.32. The van der Waals surface area contributed by atoms with Crippen LogP contribution in [0, 0.1) is 0 Å². The maximum absolute atomic E-state index is 12.0. The van der Waals surface area contributed by atoms with Crippen molar-refractivity contribution in [2.24, 2.45) is 0 Å². The second kappa shape index (κ2) is 8.60. The normalized spacial score (nSPS) is 14.4. The van der Waals surface area contributed by atoms with E-state index in [1.807, 2.05) is 37.3 Å². The summed E-state index contributed by atoms with van der Waals surface area (Å²) in [7, 11) is 0. The molecule has 5 aromatic rings. The van der Waals surface area contributed by atoms with Crippen LogP contribution in [-0.2, 0) is 4.79 Å². The standard InChI is InChI=1S/C26H23N7O2/c1-2-3-22(34)29-18-10-17(12-27-13-18)15-4-5-20-19(11-15)24(33-32-20)26-30-21-6-8-28-23(25(21)31-26)16-7-9-35-14-16/h4-14,26,30-31H,2-3H2,1H3,(H,29,34)(H,32,33). The molecule has 0 spiro atoms. The summed E-state index contributed by atoms with van der Waals surface area (Å²) < 4.78 is 5.25. The van der Waals surface area contributed by atoms with Gasteiger partial charge in [-0.3, -0.25) is 19.9 Å². The highest BCUT2D eigenvalue weighted by Gasteiger charge is 2.27. The van der Waals surface area contributed by atoms with Crippen LogP contribution in [0.3, 0.4) is 0 Å². The van der Waals surface area contributed by atoms with Crippen molar-refractivity contribution in [3.8, 4) is 22.4 Å². The highest BCUT2D eigenvalue weighted by Crippen LogP contribution is 2.42. The van der Waals surface area contributed by atoms with Crippen molar-refractivity contribution >= 4 is 33.9 Å². The molecule has 1 aliphatic heterocycles. The number of amides is 1. The topological polar surface area (TPSA) is 121 Å². The van der Waals surface area contributed by atoms with Gasteiger partial charge in [-0.1, -0.05) is 13.0 Å². The van der Waals surface area contributed by atoms with Gasteiger partial charge in [0.1, 0.15) is 6.17 Å². The predicted octanol–water partition coefficient (Wildman–Crippen LogP) is 5.55. The summed E-state index contributed by atoms with van der Waals surface area (Å²) in [4.78, 5) is 20.9. The Kier molecular flexibility index (Phi) is 5.14. The Labute approximate surface area is 201 Å². The van der Waals surface area contributed by atoms with Gasteiger partial charge in [0, 0.05) is 35.3 Å². The number of carbonyl (C=O) groups excluding carboxylic acids is 1. The van der Waals surface area contributed by atoms with E-state index in [-0.39, 0.29) is 12.1 Å². The molecule has 1 atom stereocenters. The van der Waals surface area contributed by atoms with Gasteiger partial charge in [-0.25, -0.2) is 0 Å². The summed E-state index contributed by atoms with van der Waals surface area (Å²) in [6.07, 6.45) is 9.62. The smallest absolute Gasteiger partial charge is 0.224 e. The van der Waals surface area contributed by atoms with Gasteiger partial charge in [0.05, 0.1) is 52.7 Å². The zero-order valence-electron chi connectivity index (χ0n) is 19.0. The summed E-state index contributed by atoms with van der Waals surface area (Å²) in [5, 5.41) is 18.7. The molecule has 0 fully saturated rings. The van der Waals surface area contributed by atoms with E-state index in [1.54, 1.807) is 31.1 Å². The van der Waals surface area contributed by atoms with Crippen molar-refractivity contribution in [3.63, 3.8) is 0 Å². The summed E-state index contributed by atoms with van der Waals surface area (Å²) in [5.41, 5.74) is 7.95. The average molecular weight is 466 g/mol. The van der Waals surface area contributed by atoms with E-state index >= 15 is 0 Å². The lowest BCUT2D eigenvalue weighted by molar-refractivity contribution is -0.116. The van der Waals surface area contributed by atoms with Crippen molar-refractivity contribution in [3.05, 3.63) is 73.2 Å². The number of pyridine rings is 2. The first-order valence-corrected chi connectivity index (χ1v) is 11.5. The van der Waals surface area contributed by atoms with Crippen LogP contribution in [0.1, 0.15) is 31.6 Å². The molecule has 35 heavy (non-hydrogen) atoms. The highest BCUT2D eigenvalue weighted by atomic mass is 16.3. The predicted molar refractivity (Wildman–Crippen MR) is 135 cm³/mol. The summed E-state index contributed by atoms with van der Waals surface area (Å²) in [5.74, 6) is -0.0127. The fourth-order valence-electron chi connectivity index (χ4n) is 4.37. The van der Waals surface area contributed by atoms with Crippen LogP contribution in [-0.4, -0.2) is 26.1 Å².